The Morgan fingerprint density at radius 2 is 1.77 bits per heavy atom. The fourth-order valence-electron chi connectivity index (χ4n) is 5.22. The third-order valence-electron chi connectivity index (χ3n) is 7.82. The molecule has 7 nitrogen and oxygen atoms in total. The van der Waals surface area contributed by atoms with E-state index in [0.717, 1.165) is 36.8 Å². The van der Waals surface area contributed by atoms with E-state index in [2.05, 4.69) is 31.4 Å². The summed E-state index contributed by atoms with van der Waals surface area (Å²) in [6, 6.07) is 13.3. The molecule has 1 heterocycles. The summed E-state index contributed by atoms with van der Waals surface area (Å²) in [4.78, 5) is 24.7. The van der Waals surface area contributed by atoms with Crippen LogP contribution in [0.2, 0.25) is 0 Å². The number of rotatable bonds is 17. The van der Waals surface area contributed by atoms with E-state index in [9.17, 15) is 14.0 Å². The van der Waals surface area contributed by atoms with Gasteiger partial charge in [-0.1, -0.05) is 27.7 Å². The molecule has 238 valence electrons. The van der Waals surface area contributed by atoms with Crippen molar-refractivity contribution in [2.24, 2.45) is 5.92 Å². The van der Waals surface area contributed by atoms with E-state index in [-0.39, 0.29) is 35.7 Å². The number of carbonyl (C=O) groups excluding carboxylic acids is 2. The fourth-order valence-corrected chi connectivity index (χ4v) is 5.22. The van der Waals surface area contributed by atoms with Gasteiger partial charge in [-0.25, -0.2) is 4.39 Å². The van der Waals surface area contributed by atoms with Gasteiger partial charge in [-0.15, -0.1) is 0 Å². The smallest absolute Gasteiger partial charge is 0.198 e. The van der Waals surface area contributed by atoms with Gasteiger partial charge in [0.1, 0.15) is 35.1 Å². The molecule has 44 heavy (non-hydrogen) atoms. The molecule has 1 unspecified atom stereocenters. The summed E-state index contributed by atoms with van der Waals surface area (Å²) in [7, 11) is 0. The zero-order valence-electron chi connectivity index (χ0n) is 26.8. The van der Waals surface area contributed by atoms with Crippen LogP contribution in [-0.4, -0.2) is 48.4 Å². The zero-order valence-corrected chi connectivity index (χ0v) is 26.8. The number of ketones is 2. The van der Waals surface area contributed by atoms with Gasteiger partial charge in [0.05, 0.1) is 0 Å². The summed E-state index contributed by atoms with van der Waals surface area (Å²) in [6.07, 6.45) is 6.90. The van der Waals surface area contributed by atoms with Crippen LogP contribution in [0.3, 0.4) is 0 Å². The Balaban J connectivity index is 1.17. The lowest BCUT2D eigenvalue weighted by Gasteiger charge is -2.37. The zero-order chi connectivity index (χ0) is 31.8. The molecule has 0 amide bonds. The number of allylic oxidation sites excluding steroid dienone is 1. The molecule has 0 radical (unpaired) electrons. The van der Waals surface area contributed by atoms with E-state index in [0.29, 0.717) is 47.7 Å². The van der Waals surface area contributed by atoms with Crippen LogP contribution in [-0.2, 0) is 4.79 Å². The average Bonchev–Trinajstić information content (AvgIpc) is 3.38. The molecule has 0 spiro atoms. The maximum absolute atomic E-state index is 14.2. The van der Waals surface area contributed by atoms with Crippen molar-refractivity contribution in [2.75, 3.05) is 6.54 Å². The molecule has 0 aliphatic heterocycles. The topological polar surface area (TPSA) is 89.8 Å². The molecule has 1 aliphatic rings. The van der Waals surface area contributed by atoms with E-state index in [4.69, 9.17) is 13.9 Å². The summed E-state index contributed by atoms with van der Waals surface area (Å²) < 4.78 is 32.1. The maximum Gasteiger partial charge on any atom is 0.198 e. The molecular weight excluding hydrogens is 559 g/mol. The van der Waals surface area contributed by atoms with Crippen LogP contribution in [0.25, 0.3) is 17.0 Å². The van der Waals surface area contributed by atoms with Gasteiger partial charge in [0.25, 0.3) is 0 Å². The van der Waals surface area contributed by atoms with Crippen molar-refractivity contribution in [3.63, 3.8) is 0 Å². The van der Waals surface area contributed by atoms with Crippen molar-refractivity contribution in [2.45, 2.75) is 104 Å². The SMILES string of the molecule is CC(CCCC(=O)c1cc2cc(O[C@H]3C[C@@H](NC(C)C)C3)ccc2o1)NC[C@@H](C)Oc1ccc(F)c(/C=C/C(=O)C(C)C)c1. The molecule has 0 saturated heterocycles. The van der Waals surface area contributed by atoms with Crippen molar-refractivity contribution < 1.29 is 27.9 Å². The molecule has 0 bridgehead atoms. The summed E-state index contributed by atoms with van der Waals surface area (Å²) in [6.45, 7) is 12.5. The number of furan rings is 1. The highest BCUT2D eigenvalue weighted by Crippen LogP contribution is 2.30. The van der Waals surface area contributed by atoms with Crippen LogP contribution in [0.4, 0.5) is 4.39 Å². The second-order valence-electron chi connectivity index (χ2n) is 12.7. The van der Waals surface area contributed by atoms with E-state index in [1.54, 1.807) is 26.0 Å². The predicted molar refractivity (Wildman–Crippen MR) is 173 cm³/mol. The van der Waals surface area contributed by atoms with Gasteiger partial charge in [-0.05, 0) is 94.1 Å². The number of hydrogen-bond acceptors (Lipinski definition) is 7. The average molecular weight is 607 g/mol. The highest BCUT2D eigenvalue weighted by Gasteiger charge is 2.31. The van der Waals surface area contributed by atoms with Gasteiger partial charge >= 0.3 is 0 Å². The van der Waals surface area contributed by atoms with Gasteiger partial charge in [0, 0.05) is 48.0 Å². The second-order valence-corrected chi connectivity index (χ2v) is 12.7. The number of carbonyl (C=O) groups is 2. The number of benzene rings is 2. The highest BCUT2D eigenvalue weighted by molar-refractivity contribution is 5.97. The number of fused-ring (bicyclic) bond motifs is 1. The first-order valence-electron chi connectivity index (χ1n) is 15.9. The molecule has 2 N–H and O–H groups in total. The molecule has 1 saturated carbocycles. The number of ether oxygens (including phenoxy) is 2. The largest absolute Gasteiger partial charge is 0.490 e. The third-order valence-corrected chi connectivity index (χ3v) is 7.82. The minimum atomic E-state index is -0.405. The van der Waals surface area contributed by atoms with Crippen molar-refractivity contribution in [1.82, 2.24) is 10.6 Å². The Morgan fingerprint density at radius 3 is 2.50 bits per heavy atom. The lowest BCUT2D eigenvalue weighted by molar-refractivity contribution is -0.117. The molecule has 1 aromatic heterocycles. The van der Waals surface area contributed by atoms with Crippen LogP contribution in [0, 0.1) is 11.7 Å². The first kappa shape index (κ1) is 33.4. The third kappa shape index (κ3) is 9.76. The van der Waals surface area contributed by atoms with Crippen molar-refractivity contribution >= 4 is 28.6 Å². The lowest BCUT2D eigenvalue weighted by atomic mass is 9.88. The van der Waals surface area contributed by atoms with Crippen LogP contribution >= 0.6 is 0 Å². The van der Waals surface area contributed by atoms with Gasteiger partial charge in [0.15, 0.2) is 17.3 Å². The van der Waals surface area contributed by atoms with E-state index in [1.807, 2.05) is 31.2 Å². The molecule has 1 fully saturated rings. The molecule has 2 aromatic carbocycles. The van der Waals surface area contributed by atoms with Crippen LogP contribution in [0.5, 0.6) is 11.5 Å². The lowest BCUT2D eigenvalue weighted by Crippen LogP contribution is -2.49. The Kier molecular flexibility index (Phi) is 11.8. The second kappa shape index (κ2) is 15.5. The number of Topliss-reactive ketones (excluding diaryl/α,β-unsaturated/α-hetero) is 1. The van der Waals surface area contributed by atoms with E-state index < -0.39 is 5.82 Å². The first-order valence-corrected chi connectivity index (χ1v) is 15.9. The number of halogens is 1. The molecule has 2 atom stereocenters. The van der Waals surface area contributed by atoms with Crippen LogP contribution < -0.4 is 20.1 Å². The Labute approximate surface area is 260 Å². The summed E-state index contributed by atoms with van der Waals surface area (Å²) in [5.41, 5.74) is 1.00. The first-order chi connectivity index (χ1) is 21.0. The quantitative estimate of drug-likeness (QED) is 0.121. The van der Waals surface area contributed by atoms with Crippen LogP contribution in [0.1, 0.15) is 89.8 Å². The van der Waals surface area contributed by atoms with Gasteiger partial charge in [-0.2, -0.15) is 0 Å². The Hall–Kier alpha value is -3.49. The van der Waals surface area contributed by atoms with Crippen LogP contribution in [0.15, 0.2) is 53.0 Å². The minimum absolute atomic E-state index is 0.00887. The summed E-state index contributed by atoms with van der Waals surface area (Å²) in [5.74, 6) is 1.11. The summed E-state index contributed by atoms with van der Waals surface area (Å²) in [5, 5.41) is 7.86. The molecular formula is C36H47FN2O5. The predicted octanol–water partition coefficient (Wildman–Crippen LogP) is 7.52. The standard InChI is InChI=1S/C36H47FN2O5/c1-22(2)33(40)14-10-26-16-29(11-13-32(26)37)42-25(6)21-38-24(5)8-7-9-34(41)36-18-27-17-30(12-15-35(27)44-36)43-31-19-28(20-31)39-23(3)4/h10-18,22-25,28,31,38-39H,7-9,19-21H2,1-6H3/b14-10+/t24?,25-,28-,31+/m1/s1. The molecule has 8 heteroatoms. The number of hydrogen-bond donors (Lipinski definition) is 2. The van der Waals surface area contributed by atoms with Gasteiger partial charge in [-0.3, -0.25) is 9.59 Å². The monoisotopic (exact) mass is 606 g/mol. The molecule has 3 aromatic rings. The maximum atomic E-state index is 14.2. The van der Waals surface area contributed by atoms with Crippen molar-refractivity contribution in [1.29, 1.82) is 0 Å². The minimum Gasteiger partial charge on any atom is -0.490 e. The summed E-state index contributed by atoms with van der Waals surface area (Å²) >= 11 is 0. The molecule has 4 rings (SSSR count). The highest BCUT2D eigenvalue weighted by atomic mass is 19.1. The van der Waals surface area contributed by atoms with E-state index >= 15 is 0 Å². The van der Waals surface area contributed by atoms with Crippen molar-refractivity contribution in [3.8, 4) is 11.5 Å². The Bertz CT molecular complexity index is 1440. The normalized spacial score (nSPS) is 18.1. The number of nitrogens with one attached hydrogen (secondary N) is 2. The van der Waals surface area contributed by atoms with Gasteiger partial charge < -0.3 is 24.5 Å². The van der Waals surface area contributed by atoms with E-state index in [1.165, 1.54) is 18.2 Å². The fraction of sp³-hybridized carbons (Fsp3) is 0.500. The molecule has 1 aliphatic carbocycles. The van der Waals surface area contributed by atoms with Crippen molar-refractivity contribution in [3.05, 3.63) is 65.7 Å². The Morgan fingerprint density at radius 1 is 1.02 bits per heavy atom. The van der Waals surface area contributed by atoms with Gasteiger partial charge in [0.2, 0.25) is 0 Å².